The lowest BCUT2D eigenvalue weighted by atomic mass is 9.95. The highest BCUT2D eigenvalue weighted by Crippen LogP contribution is 2.30. The van der Waals surface area contributed by atoms with Gasteiger partial charge < -0.3 is 5.11 Å². The molecule has 1 aliphatic rings. The summed E-state index contributed by atoms with van der Waals surface area (Å²) in [5.74, 6) is 1.96. The molecule has 1 aromatic rings. The Labute approximate surface area is 112 Å². The van der Waals surface area contributed by atoms with Gasteiger partial charge >= 0.3 is 0 Å². The first-order chi connectivity index (χ1) is 8.08. The first-order valence-corrected chi connectivity index (χ1v) is 7.06. The second-order valence-electron chi connectivity index (χ2n) is 5.28. The van der Waals surface area contributed by atoms with E-state index in [0.717, 1.165) is 41.5 Å². The maximum Gasteiger partial charge on any atom is 0.134 e. The summed E-state index contributed by atoms with van der Waals surface area (Å²) in [5, 5.41) is 9.96. The van der Waals surface area contributed by atoms with E-state index < -0.39 is 0 Å². The van der Waals surface area contributed by atoms with Crippen LogP contribution in [0, 0.1) is 11.8 Å². The van der Waals surface area contributed by atoms with Gasteiger partial charge in [-0.1, -0.05) is 26.0 Å². The third kappa shape index (κ3) is 3.02. The number of hydrogen-bond acceptors (Lipinski definition) is 2. The largest absolute Gasteiger partial charge is 0.506 e. The molecule has 0 saturated carbocycles. The zero-order valence-corrected chi connectivity index (χ0v) is 12.1. The number of phenolic OH excluding ortho intramolecular Hbond substituents is 1. The molecule has 2 nitrogen and oxygen atoms in total. The van der Waals surface area contributed by atoms with Crippen LogP contribution in [0.4, 0.5) is 0 Å². The van der Waals surface area contributed by atoms with Gasteiger partial charge in [-0.05, 0) is 46.8 Å². The zero-order chi connectivity index (χ0) is 12.4. The summed E-state index contributed by atoms with van der Waals surface area (Å²) in [6, 6.07) is 5.86. The van der Waals surface area contributed by atoms with E-state index in [9.17, 15) is 5.11 Å². The molecule has 94 valence electrons. The Balaban J connectivity index is 2.00. The third-order valence-corrected chi connectivity index (χ3v) is 4.36. The topological polar surface area (TPSA) is 23.5 Å². The zero-order valence-electron chi connectivity index (χ0n) is 10.5. The number of hydrogen-bond donors (Lipinski definition) is 1. The van der Waals surface area contributed by atoms with Gasteiger partial charge in [0.2, 0.25) is 0 Å². The lowest BCUT2D eigenvalue weighted by Gasteiger charge is -2.18. The van der Waals surface area contributed by atoms with Crippen molar-refractivity contribution in [1.82, 2.24) is 4.90 Å². The average molecular weight is 298 g/mol. The second-order valence-corrected chi connectivity index (χ2v) is 6.13. The highest BCUT2D eigenvalue weighted by molar-refractivity contribution is 9.10. The molecular formula is C14H20BrNO. The van der Waals surface area contributed by atoms with Crippen LogP contribution in [-0.2, 0) is 6.54 Å². The van der Waals surface area contributed by atoms with Crippen molar-refractivity contribution < 1.29 is 5.11 Å². The smallest absolute Gasteiger partial charge is 0.134 e. The van der Waals surface area contributed by atoms with Gasteiger partial charge in [-0.15, -0.1) is 0 Å². The molecule has 1 fully saturated rings. The number of nitrogens with zero attached hydrogens (tertiary/aromatic N) is 1. The van der Waals surface area contributed by atoms with Crippen molar-refractivity contribution in [1.29, 1.82) is 0 Å². The Kier molecular flexibility index (Phi) is 4.10. The molecule has 0 bridgehead atoms. The quantitative estimate of drug-likeness (QED) is 0.921. The molecular weight excluding hydrogens is 278 g/mol. The maximum absolute atomic E-state index is 9.96. The molecule has 1 aromatic carbocycles. The minimum Gasteiger partial charge on any atom is -0.506 e. The first kappa shape index (κ1) is 12.9. The van der Waals surface area contributed by atoms with Crippen LogP contribution >= 0.6 is 15.9 Å². The number of para-hydroxylation sites is 1. The number of rotatable bonds is 3. The number of halogens is 1. The molecule has 1 saturated heterocycles. The van der Waals surface area contributed by atoms with E-state index in [-0.39, 0.29) is 0 Å². The van der Waals surface area contributed by atoms with Crippen molar-refractivity contribution >= 4 is 15.9 Å². The van der Waals surface area contributed by atoms with Crippen LogP contribution < -0.4 is 0 Å². The molecule has 17 heavy (non-hydrogen) atoms. The molecule has 1 unspecified atom stereocenters. The highest BCUT2D eigenvalue weighted by atomic mass is 79.9. The summed E-state index contributed by atoms with van der Waals surface area (Å²) in [4.78, 5) is 2.44. The molecule has 2 rings (SSSR count). The van der Waals surface area contributed by atoms with Crippen LogP contribution in [0.15, 0.2) is 22.7 Å². The summed E-state index contributed by atoms with van der Waals surface area (Å²) < 4.78 is 0.787. The van der Waals surface area contributed by atoms with Crippen LogP contribution in [0.5, 0.6) is 5.75 Å². The minimum atomic E-state index is 0.389. The van der Waals surface area contributed by atoms with Gasteiger partial charge in [-0.2, -0.15) is 0 Å². The van der Waals surface area contributed by atoms with Crippen LogP contribution in [0.2, 0.25) is 0 Å². The SMILES string of the molecule is CC(C)C1CCN(Cc2cccc(Br)c2O)C1. The molecule has 1 heterocycles. The Hall–Kier alpha value is -0.540. The Morgan fingerprint density at radius 3 is 2.88 bits per heavy atom. The average Bonchev–Trinajstić information content (AvgIpc) is 2.73. The molecule has 3 heteroatoms. The van der Waals surface area contributed by atoms with Gasteiger partial charge in [0.25, 0.3) is 0 Å². The molecule has 0 aromatic heterocycles. The number of aromatic hydroxyl groups is 1. The monoisotopic (exact) mass is 297 g/mol. The van der Waals surface area contributed by atoms with E-state index in [1.54, 1.807) is 0 Å². The first-order valence-electron chi connectivity index (χ1n) is 6.26. The van der Waals surface area contributed by atoms with Gasteiger partial charge in [-0.3, -0.25) is 4.90 Å². The predicted octanol–water partition coefficient (Wildman–Crippen LogP) is 3.63. The summed E-state index contributed by atoms with van der Waals surface area (Å²) >= 11 is 3.36. The van der Waals surface area contributed by atoms with E-state index in [0.29, 0.717) is 5.75 Å². The Morgan fingerprint density at radius 1 is 1.47 bits per heavy atom. The van der Waals surface area contributed by atoms with Crippen molar-refractivity contribution in [3.05, 3.63) is 28.2 Å². The normalized spacial score (nSPS) is 21.3. The van der Waals surface area contributed by atoms with Crippen molar-refractivity contribution in [2.24, 2.45) is 11.8 Å². The summed E-state index contributed by atoms with van der Waals surface area (Å²) in [5.41, 5.74) is 1.02. The Morgan fingerprint density at radius 2 is 2.24 bits per heavy atom. The summed E-state index contributed by atoms with van der Waals surface area (Å²) in [6.45, 7) is 7.75. The lowest BCUT2D eigenvalue weighted by Crippen LogP contribution is -2.21. The van der Waals surface area contributed by atoms with Crippen molar-refractivity contribution in [3.8, 4) is 5.75 Å². The van der Waals surface area contributed by atoms with Crippen LogP contribution in [0.3, 0.4) is 0 Å². The fourth-order valence-electron chi connectivity index (χ4n) is 2.48. The lowest BCUT2D eigenvalue weighted by molar-refractivity contribution is 0.292. The van der Waals surface area contributed by atoms with E-state index in [1.165, 1.54) is 6.42 Å². The van der Waals surface area contributed by atoms with Crippen LogP contribution in [-0.4, -0.2) is 23.1 Å². The van der Waals surface area contributed by atoms with Crippen molar-refractivity contribution in [2.75, 3.05) is 13.1 Å². The molecule has 0 spiro atoms. The molecule has 0 amide bonds. The van der Waals surface area contributed by atoms with Gasteiger partial charge in [0.15, 0.2) is 0 Å². The molecule has 1 atom stereocenters. The minimum absolute atomic E-state index is 0.389. The molecule has 0 aliphatic carbocycles. The van der Waals surface area contributed by atoms with Gasteiger partial charge in [0, 0.05) is 18.7 Å². The second kappa shape index (κ2) is 5.40. The predicted molar refractivity (Wildman–Crippen MR) is 74.0 cm³/mol. The fraction of sp³-hybridized carbons (Fsp3) is 0.571. The van der Waals surface area contributed by atoms with E-state index >= 15 is 0 Å². The number of phenols is 1. The third-order valence-electron chi connectivity index (χ3n) is 3.72. The van der Waals surface area contributed by atoms with Crippen molar-refractivity contribution in [2.45, 2.75) is 26.8 Å². The summed E-state index contributed by atoms with van der Waals surface area (Å²) in [7, 11) is 0. The van der Waals surface area contributed by atoms with Crippen molar-refractivity contribution in [3.63, 3.8) is 0 Å². The molecule has 1 aliphatic heterocycles. The van der Waals surface area contributed by atoms with E-state index in [1.807, 2.05) is 18.2 Å². The molecule has 1 N–H and O–H groups in total. The van der Waals surface area contributed by atoms with E-state index in [2.05, 4.69) is 34.7 Å². The van der Waals surface area contributed by atoms with Crippen LogP contribution in [0.25, 0.3) is 0 Å². The highest BCUT2D eigenvalue weighted by Gasteiger charge is 2.25. The Bertz CT molecular complexity index is 392. The maximum atomic E-state index is 9.96. The van der Waals surface area contributed by atoms with Gasteiger partial charge in [0.05, 0.1) is 4.47 Å². The molecule has 0 radical (unpaired) electrons. The number of likely N-dealkylation sites (tertiary alicyclic amines) is 1. The van der Waals surface area contributed by atoms with Crippen LogP contribution in [0.1, 0.15) is 25.8 Å². The standard InChI is InChI=1S/C14H20BrNO/c1-10(2)11-6-7-16(8-11)9-12-4-3-5-13(15)14(12)17/h3-5,10-11,17H,6-9H2,1-2H3. The summed E-state index contributed by atoms with van der Waals surface area (Å²) in [6.07, 6.45) is 1.28. The number of benzene rings is 1. The van der Waals surface area contributed by atoms with E-state index in [4.69, 9.17) is 0 Å². The van der Waals surface area contributed by atoms with Gasteiger partial charge in [0.1, 0.15) is 5.75 Å². The van der Waals surface area contributed by atoms with Gasteiger partial charge in [-0.25, -0.2) is 0 Å². The fourth-order valence-corrected chi connectivity index (χ4v) is 2.89.